The van der Waals surface area contributed by atoms with Crippen molar-refractivity contribution in [3.63, 3.8) is 0 Å². The Bertz CT molecular complexity index is 748. The van der Waals surface area contributed by atoms with Crippen LogP contribution < -0.4 is 5.32 Å². The van der Waals surface area contributed by atoms with E-state index in [4.69, 9.17) is 0 Å². The van der Waals surface area contributed by atoms with Gasteiger partial charge < -0.3 is 5.32 Å². The van der Waals surface area contributed by atoms with Gasteiger partial charge in [-0.05, 0) is 44.8 Å². The first-order valence-electron chi connectivity index (χ1n) is 9.75. The van der Waals surface area contributed by atoms with Gasteiger partial charge in [0.25, 0.3) is 0 Å². The van der Waals surface area contributed by atoms with Crippen LogP contribution in [-0.4, -0.2) is 42.8 Å². The maximum Gasteiger partial charge on any atom is 0.223 e. The summed E-state index contributed by atoms with van der Waals surface area (Å²) in [7, 11) is 0. The van der Waals surface area contributed by atoms with E-state index in [-0.39, 0.29) is 17.6 Å². The Labute approximate surface area is 161 Å². The molecular formula is C23H28N2O2. The van der Waals surface area contributed by atoms with Crippen molar-refractivity contribution in [3.8, 4) is 0 Å². The minimum Gasteiger partial charge on any atom is -0.356 e. The number of likely N-dealkylation sites (tertiary alicyclic amines) is 1. The van der Waals surface area contributed by atoms with E-state index < -0.39 is 0 Å². The molecule has 3 rings (SSSR count). The van der Waals surface area contributed by atoms with E-state index in [0.717, 1.165) is 43.5 Å². The molecule has 0 radical (unpaired) electrons. The van der Waals surface area contributed by atoms with Crippen molar-refractivity contribution in [2.45, 2.75) is 26.2 Å². The fourth-order valence-corrected chi connectivity index (χ4v) is 3.51. The quantitative estimate of drug-likeness (QED) is 0.767. The molecule has 1 aliphatic heterocycles. The number of amides is 1. The van der Waals surface area contributed by atoms with E-state index in [1.165, 1.54) is 5.56 Å². The average Bonchev–Trinajstić information content (AvgIpc) is 2.70. The second kappa shape index (κ2) is 9.47. The van der Waals surface area contributed by atoms with Crippen molar-refractivity contribution < 1.29 is 9.59 Å². The Kier molecular flexibility index (Phi) is 6.77. The van der Waals surface area contributed by atoms with Gasteiger partial charge in [-0.25, -0.2) is 0 Å². The highest BCUT2D eigenvalue weighted by atomic mass is 16.2. The summed E-state index contributed by atoms with van der Waals surface area (Å²) < 4.78 is 0. The highest BCUT2D eigenvalue weighted by Gasteiger charge is 2.25. The molecule has 1 aliphatic rings. The number of carbonyl (C=O) groups is 2. The van der Waals surface area contributed by atoms with Crippen LogP contribution >= 0.6 is 0 Å². The molecule has 1 heterocycles. The third kappa shape index (κ3) is 5.76. The van der Waals surface area contributed by atoms with Crippen LogP contribution in [0.3, 0.4) is 0 Å². The normalized spacial score (nSPS) is 15.4. The Hall–Kier alpha value is -2.46. The number of ketones is 1. The van der Waals surface area contributed by atoms with Crippen molar-refractivity contribution in [2.24, 2.45) is 5.92 Å². The van der Waals surface area contributed by atoms with E-state index in [1.807, 2.05) is 49.4 Å². The van der Waals surface area contributed by atoms with Gasteiger partial charge in [-0.15, -0.1) is 0 Å². The predicted octanol–water partition coefficient (Wildman–Crippen LogP) is 3.25. The van der Waals surface area contributed by atoms with Gasteiger partial charge in [0.05, 0.1) is 6.54 Å². The van der Waals surface area contributed by atoms with E-state index in [2.05, 4.69) is 22.3 Å². The molecule has 4 nitrogen and oxygen atoms in total. The molecule has 1 fully saturated rings. The van der Waals surface area contributed by atoms with Gasteiger partial charge in [-0.1, -0.05) is 60.2 Å². The van der Waals surface area contributed by atoms with Crippen LogP contribution in [0.25, 0.3) is 0 Å². The third-order valence-electron chi connectivity index (χ3n) is 5.25. The highest BCUT2D eigenvalue weighted by Crippen LogP contribution is 2.18. The summed E-state index contributed by atoms with van der Waals surface area (Å²) in [6.07, 6.45) is 2.49. The summed E-state index contributed by atoms with van der Waals surface area (Å²) in [5.41, 5.74) is 3.16. The lowest BCUT2D eigenvalue weighted by Gasteiger charge is -2.30. The molecule has 0 saturated carbocycles. The second-order valence-electron chi connectivity index (χ2n) is 7.37. The van der Waals surface area contributed by atoms with Crippen LogP contribution in [0.15, 0.2) is 54.6 Å². The Balaban J connectivity index is 1.38. The summed E-state index contributed by atoms with van der Waals surface area (Å²) in [6.45, 7) is 4.73. The Morgan fingerprint density at radius 3 is 2.33 bits per heavy atom. The fourth-order valence-electron chi connectivity index (χ4n) is 3.51. The van der Waals surface area contributed by atoms with Crippen molar-refractivity contribution in [1.29, 1.82) is 0 Å². The highest BCUT2D eigenvalue weighted by molar-refractivity contribution is 5.97. The molecule has 27 heavy (non-hydrogen) atoms. The van der Waals surface area contributed by atoms with Crippen LogP contribution in [0, 0.1) is 12.8 Å². The smallest absolute Gasteiger partial charge is 0.223 e. The molecule has 0 aliphatic carbocycles. The largest absolute Gasteiger partial charge is 0.356 e. The number of nitrogens with one attached hydrogen (secondary N) is 1. The molecule has 1 saturated heterocycles. The molecule has 1 N–H and O–H groups in total. The number of benzene rings is 2. The van der Waals surface area contributed by atoms with Crippen LogP contribution in [0.2, 0.25) is 0 Å². The Morgan fingerprint density at radius 2 is 1.67 bits per heavy atom. The molecule has 142 valence electrons. The number of piperidine rings is 1. The topological polar surface area (TPSA) is 49.4 Å². The third-order valence-corrected chi connectivity index (χ3v) is 5.25. The van der Waals surface area contributed by atoms with Gasteiger partial charge in [0.1, 0.15) is 0 Å². The predicted molar refractivity (Wildman–Crippen MR) is 108 cm³/mol. The standard InChI is InChI=1S/C23H28N2O2/c1-18-7-9-20(10-8-18)22(26)17-25-15-12-21(13-16-25)23(27)24-14-11-19-5-3-2-4-6-19/h2-10,21H,11-17H2,1H3,(H,24,27). The maximum atomic E-state index is 12.4. The number of rotatable bonds is 7. The van der Waals surface area contributed by atoms with Crippen molar-refractivity contribution >= 4 is 11.7 Å². The molecule has 0 atom stereocenters. The molecule has 0 spiro atoms. The second-order valence-corrected chi connectivity index (χ2v) is 7.37. The van der Waals surface area contributed by atoms with Gasteiger partial charge in [0.15, 0.2) is 5.78 Å². The molecular weight excluding hydrogens is 336 g/mol. The molecule has 1 amide bonds. The van der Waals surface area contributed by atoms with Gasteiger partial charge in [0, 0.05) is 18.0 Å². The fraction of sp³-hybridized carbons (Fsp3) is 0.391. The minimum absolute atomic E-state index is 0.0616. The number of nitrogens with zero attached hydrogens (tertiary/aromatic N) is 1. The number of aryl methyl sites for hydroxylation is 1. The SMILES string of the molecule is Cc1ccc(C(=O)CN2CCC(C(=O)NCCc3ccccc3)CC2)cc1. The van der Waals surface area contributed by atoms with Crippen molar-refractivity contribution in [3.05, 3.63) is 71.3 Å². The molecule has 0 unspecified atom stereocenters. The van der Waals surface area contributed by atoms with Crippen LogP contribution in [-0.2, 0) is 11.2 Å². The van der Waals surface area contributed by atoms with Gasteiger partial charge in [-0.3, -0.25) is 14.5 Å². The maximum absolute atomic E-state index is 12.4. The monoisotopic (exact) mass is 364 g/mol. The van der Waals surface area contributed by atoms with Gasteiger partial charge in [-0.2, -0.15) is 0 Å². The number of carbonyl (C=O) groups excluding carboxylic acids is 2. The van der Waals surface area contributed by atoms with Gasteiger partial charge >= 0.3 is 0 Å². The lowest BCUT2D eigenvalue weighted by atomic mass is 9.95. The average molecular weight is 364 g/mol. The van der Waals surface area contributed by atoms with Gasteiger partial charge in [0.2, 0.25) is 5.91 Å². The van der Waals surface area contributed by atoms with Crippen LogP contribution in [0.4, 0.5) is 0 Å². The number of hydrogen-bond acceptors (Lipinski definition) is 3. The summed E-state index contributed by atoms with van der Waals surface area (Å²) in [6, 6.07) is 17.9. The van der Waals surface area contributed by atoms with Crippen LogP contribution in [0.1, 0.15) is 34.3 Å². The Morgan fingerprint density at radius 1 is 1.00 bits per heavy atom. The first kappa shape index (κ1) is 19.3. The lowest BCUT2D eigenvalue weighted by Crippen LogP contribution is -2.42. The van der Waals surface area contributed by atoms with E-state index in [0.29, 0.717) is 13.1 Å². The molecule has 4 heteroatoms. The summed E-state index contributed by atoms with van der Waals surface area (Å²) in [4.78, 5) is 26.9. The lowest BCUT2D eigenvalue weighted by molar-refractivity contribution is -0.126. The number of Topliss-reactive ketones (excluding diaryl/α,β-unsaturated/α-hetero) is 1. The minimum atomic E-state index is 0.0616. The summed E-state index contributed by atoms with van der Waals surface area (Å²) in [5, 5.41) is 3.06. The first-order chi connectivity index (χ1) is 13.1. The summed E-state index contributed by atoms with van der Waals surface area (Å²) in [5.74, 6) is 0.364. The molecule has 2 aromatic rings. The van der Waals surface area contributed by atoms with E-state index >= 15 is 0 Å². The number of hydrogen-bond donors (Lipinski definition) is 1. The van der Waals surface area contributed by atoms with E-state index in [1.54, 1.807) is 0 Å². The zero-order valence-corrected chi connectivity index (χ0v) is 16.0. The van der Waals surface area contributed by atoms with Crippen molar-refractivity contribution in [1.82, 2.24) is 10.2 Å². The first-order valence-corrected chi connectivity index (χ1v) is 9.75. The molecule has 0 bridgehead atoms. The summed E-state index contributed by atoms with van der Waals surface area (Å²) >= 11 is 0. The van der Waals surface area contributed by atoms with Crippen molar-refractivity contribution in [2.75, 3.05) is 26.2 Å². The zero-order valence-electron chi connectivity index (χ0n) is 16.0. The van der Waals surface area contributed by atoms with E-state index in [9.17, 15) is 9.59 Å². The molecule has 2 aromatic carbocycles. The molecule has 0 aromatic heterocycles. The zero-order chi connectivity index (χ0) is 19.1. The van der Waals surface area contributed by atoms with Crippen LogP contribution in [0.5, 0.6) is 0 Å².